The minimum absolute atomic E-state index is 0.0110. The fourth-order valence-electron chi connectivity index (χ4n) is 2.28. The number of azo groups is 2. The Kier molecular flexibility index (Phi) is 5.44. The van der Waals surface area contributed by atoms with Crippen molar-refractivity contribution >= 4 is 68.0 Å². The lowest BCUT2D eigenvalue weighted by molar-refractivity contribution is 0.445. The first kappa shape index (κ1) is 19.9. The topological polar surface area (TPSA) is 154 Å². The van der Waals surface area contributed by atoms with Gasteiger partial charge in [0.1, 0.15) is 51.6 Å². The summed E-state index contributed by atoms with van der Waals surface area (Å²) in [4.78, 5) is 15.6. The van der Waals surface area contributed by atoms with E-state index in [0.29, 0.717) is 16.0 Å². The first-order valence-electron chi connectivity index (χ1n) is 8.06. The molecule has 3 aromatic heterocycles. The van der Waals surface area contributed by atoms with Crippen molar-refractivity contribution in [2.45, 2.75) is 6.92 Å². The van der Waals surface area contributed by atoms with Crippen LogP contribution in [0.1, 0.15) is 5.56 Å². The van der Waals surface area contributed by atoms with Gasteiger partial charge in [0, 0.05) is 11.6 Å². The highest BCUT2D eigenvalue weighted by Gasteiger charge is 2.15. The lowest BCUT2D eigenvalue weighted by Crippen LogP contribution is -1.82. The number of hydrogen-bond acceptors (Lipinski definition) is 12. The van der Waals surface area contributed by atoms with Gasteiger partial charge in [-0.15, -0.1) is 20.5 Å². The molecular formula is C16H9Cl2N9O2S. The van der Waals surface area contributed by atoms with E-state index in [0.717, 1.165) is 11.5 Å². The zero-order chi connectivity index (χ0) is 21.3. The molecule has 30 heavy (non-hydrogen) atoms. The zero-order valence-electron chi connectivity index (χ0n) is 14.9. The molecule has 0 saturated heterocycles. The molecule has 11 nitrogen and oxygen atoms in total. The molecule has 0 aliphatic carbocycles. The van der Waals surface area contributed by atoms with E-state index in [4.69, 9.17) is 23.2 Å². The lowest BCUT2D eigenvalue weighted by Gasteiger charge is -2.07. The van der Waals surface area contributed by atoms with Crippen LogP contribution in [0.5, 0.6) is 11.5 Å². The van der Waals surface area contributed by atoms with Gasteiger partial charge in [0.2, 0.25) is 0 Å². The number of phenols is 2. The van der Waals surface area contributed by atoms with Crippen molar-refractivity contribution in [2.24, 2.45) is 20.5 Å². The van der Waals surface area contributed by atoms with Gasteiger partial charge in [-0.1, -0.05) is 23.2 Å². The van der Waals surface area contributed by atoms with E-state index in [1.165, 1.54) is 25.6 Å². The Labute approximate surface area is 182 Å². The van der Waals surface area contributed by atoms with E-state index in [1.54, 1.807) is 6.20 Å². The summed E-state index contributed by atoms with van der Waals surface area (Å²) < 4.78 is 4.17. The summed E-state index contributed by atoms with van der Waals surface area (Å²) >= 11 is 12.9. The average molecular weight is 462 g/mol. The summed E-state index contributed by atoms with van der Waals surface area (Å²) in [5, 5.41) is 37.0. The van der Waals surface area contributed by atoms with Gasteiger partial charge in [-0.05, 0) is 18.5 Å². The van der Waals surface area contributed by atoms with Crippen molar-refractivity contribution in [2.75, 3.05) is 0 Å². The molecule has 1 aromatic carbocycles. The molecule has 0 spiro atoms. The normalized spacial score (nSPS) is 11.8. The number of aromatic hydroxyl groups is 2. The molecule has 0 saturated carbocycles. The highest BCUT2D eigenvalue weighted by molar-refractivity contribution is 7.11. The second-order valence-corrected chi connectivity index (χ2v) is 7.17. The first-order chi connectivity index (χ1) is 14.5. The molecule has 0 amide bonds. The predicted molar refractivity (Wildman–Crippen MR) is 110 cm³/mol. The van der Waals surface area contributed by atoms with Crippen LogP contribution >= 0.6 is 34.7 Å². The molecule has 0 bridgehead atoms. The third kappa shape index (κ3) is 3.75. The van der Waals surface area contributed by atoms with Gasteiger partial charge < -0.3 is 10.2 Å². The summed E-state index contributed by atoms with van der Waals surface area (Å²) in [7, 11) is 0. The average Bonchev–Trinajstić information content (AvgIpc) is 3.17. The molecule has 0 fully saturated rings. The van der Waals surface area contributed by atoms with Gasteiger partial charge in [-0.3, -0.25) is 0 Å². The van der Waals surface area contributed by atoms with Crippen LogP contribution in [0, 0.1) is 6.92 Å². The number of halogens is 2. The van der Waals surface area contributed by atoms with Gasteiger partial charge in [-0.2, -0.15) is 4.37 Å². The van der Waals surface area contributed by atoms with Crippen molar-refractivity contribution in [3.05, 3.63) is 40.7 Å². The smallest absolute Gasteiger partial charge is 0.197 e. The fourth-order valence-corrected chi connectivity index (χ4v) is 3.18. The number of fused-ring (bicyclic) bond motifs is 1. The molecule has 4 rings (SSSR count). The Morgan fingerprint density at radius 3 is 2.43 bits per heavy atom. The fraction of sp³-hybridized carbons (Fsp3) is 0.0625. The minimum atomic E-state index is -0.289. The molecule has 4 aromatic rings. The predicted octanol–water partition coefficient (Wildman–Crippen LogP) is 5.73. The molecular weight excluding hydrogens is 453 g/mol. The van der Waals surface area contributed by atoms with Crippen molar-refractivity contribution in [1.29, 1.82) is 0 Å². The summed E-state index contributed by atoms with van der Waals surface area (Å²) in [6.45, 7) is 1.49. The minimum Gasteiger partial charge on any atom is -0.505 e. The maximum Gasteiger partial charge on any atom is 0.197 e. The van der Waals surface area contributed by atoms with Gasteiger partial charge in [-0.25, -0.2) is 19.9 Å². The molecule has 150 valence electrons. The quantitative estimate of drug-likeness (QED) is 0.290. The second-order valence-electron chi connectivity index (χ2n) is 5.68. The maximum absolute atomic E-state index is 10.3. The van der Waals surface area contributed by atoms with E-state index in [1.807, 2.05) is 0 Å². The monoisotopic (exact) mass is 461 g/mol. The second kappa shape index (κ2) is 8.18. The highest BCUT2D eigenvalue weighted by atomic mass is 35.5. The number of aromatic nitrogens is 5. The third-order valence-corrected chi connectivity index (χ3v) is 5.29. The first-order valence-corrected chi connectivity index (χ1v) is 9.59. The molecule has 0 aliphatic rings. The van der Waals surface area contributed by atoms with E-state index in [-0.39, 0.29) is 44.4 Å². The van der Waals surface area contributed by atoms with Crippen LogP contribution in [-0.2, 0) is 0 Å². The number of hydrogen-bond donors (Lipinski definition) is 2. The number of rotatable bonds is 4. The van der Waals surface area contributed by atoms with Crippen LogP contribution in [0.25, 0.3) is 11.0 Å². The number of benzene rings is 1. The summed E-state index contributed by atoms with van der Waals surface area (Å²) in [6, 6.07) is 1.31. The Balaban J connectivity index is 1.72. The van der Waals surface area contributed by atoms with Gasteiger partial charge in [0.25, 0.3) is 0 Å². The molecule has 0 radical (unpaired) electrons. The molecule has 14 heteroatoms. The molecule has 2 N–H and O–H groups in total. The van der Waals surface area contributed by atoms with E-state index >= 15 is 0 Å². The lowest BCUT2D eigenvalue weighted by atomic mass is 10.1. The van der Waals surface area contributed by atoms with Gasteiger partial charge >= 0.3 is 0 Å². The SMILES string of the molecule is Cc1c(O)c(/N=N/c2ncnc(Cl)c2Cl)cc(/N=N/c2snc3cncnc23)c1O. The highest BCUT2D eigenvalue weighted by Crippen LogP contribution is 2.44. The van der Waals surface area contributed by atoms with E-state index in [2.05, 4.69) is 44.8 Å². The van der Waals surface area contributed by atoms with Gasteiger partial charge in [0.05, 0.1) is 6.20 Å². The van der Waals surface area contributed by atoms with Gasteiger partial charge in [0.15, 0.2) is 16.0 Å². The van der Waals surface area contributed by atoms with Crippen LogP contribution < -0.4 is 0 Å². The molecule has 0 unspecified atom stereocenters. The Hall–Kier alpha value is -3.35. The van der Waals surface area contributed by atoms with Crippen molar-refractivity contribution < 1.29 is 10.2 Å². The van der Waals surface area contributed by atoms with E-state index < -0.39 is 0 Å². The van der Waals surface area contributed by atoms with Crippen LogP contribution in [0.2, 0.25) is 10.2 Å². The summed E-state index contributed by atoms with van der Waals surface area (Å²) in [6.07, 6.45) is 4.11. The van der Waals surface area contributed by atoms with E-state index in [9.17, 15) is 10.2 Å². The summed E-state index contributed by atoms with van der Waals surface area (Å²) in [5.74, 6) is -0.537. The maximum atomic E-state index is 10.3. The molecule has 0 aliphatic heterocycles. The van der Waals surface area contributed by atoms with Crippen LogP contribution in [0.3, 0.4) is 0 Å². The number of phenolic OH excluding ortho intramolecular Hbond substituents is 2. The van der Waals surface area contributed by atoms with Crippen LogP contribution in [0.4, 0.5) is 22.2 Å². The van der Waals surface area contributed by atoms with Crippen molar-refractivity contribution in [3.63, 3.8) is 0 Å². The Bertz CT molecular complexity index is 1330. The zero-order valence-corrected chi connectivity index (χ0v) is 17.2. The molecule has 0 atom stereocenters. The third-order valence-electron chi connectivity index (χ3n) is 3.82. The molecule has 3 heterocycles. The number of nitrogens with zero attached hydrogens (tertiary/aromatic N) is 9. The van der Waals surface area contributed by atoms with Crippen molar-refractivity contribution in [3.8, 4) is 11.5 Å². The largest absolute Gasteiger partial charge is 0.505 e. The Morgan fingerprint density at radius 1 is 0.933 bits per heavy atom. The summed E-state index contributed by atoms with van der Waals surface area (Å²) in [5.41, 5.74) is 1.33. The van der Waals surface area contributed by atoms with Crippen LogP contribution in [-0.4, -0.2) is 34.5 Å². The van der Waals surface area contributed by atoms with Crippen molar-refractivity contribution in [1.82, 2.24) is 24.3 Å². The van der Waals surface area contributed by atoms with Crippen LogP contribution in [0.15, 0.2) is 45.4 Å². The standard InChI is InChI=1S/C16H9Cl2N9O2S/c1-6-12(28)7(23-25-15-10(17)14(18)21-5-22-15)2-8(13(6)29)24-26-16-11-9(27-30-16)3-19-4-20-11/h2-5,28-29H,1H3/b25-23+,26-24+. The Morgan fingerprint density at radius 2 is 1.67 bits per heavy atom.